The summed E-state index contributed by atoms with van der Waals surface area (Å²) in [6.07, 6.45) is -3.94. The van der Waals surface area contributed by atoms with Crippen molar-refractivity contribution in [2.45, 2.75) is 32.0 Å². The highest BCUT2D eigenvalue weighted by atomic mass is 19.4. The molecule has 4 nitrogen and oxygen atoms in total. The Bertz CT molecular complexity index is 492. The fourth-order valence-corrected chi connectivity index (χ4v) is 1.71. The number of anilines is 1. The van der Waals surface area contributed by atoms with Gasteiger partial charge in [0.1, 0.15) is 5.82 Å². The molecular formula is C13H16F4N2O2. The summed E-state index contributed by atoms with van der Waals surface area (Å²) in [5.41, 5.74) is -1.61. The average molecular weight is 308 g/mol. The number of aliphatic hydroxyl groups excluding tert-OH is 1. The van der Waals surface area contributed by atoms with E-state index in [1.165, 1.54) is 0 Å². The maximum absolute atomic E-state index is 13.1. The van der Waals surface area contributed by atoms with Crippen molar-refractivity contribution in [1.82, 2.24) is 5.32 Å². The van der Waals surface area contributed by atoms with Crippen molar-refractivity contribution in [3.05, 3.63) is 29.6 Å². The van der Waals surface area contributed by atoms with Crippen LogP contribution in [0, 0.1) is 5.82 Å². The first-order valence-electron chi connectivity index (χ1n) is 6.33. The zero-order valence-electron chi connectivity index (χ0n) is 11.3. The van der Waals surface area contributed by atoms with Gasteiger partial charge in [0.2, 0.25) is 0 Å². The van der Waals surface area contributed by atoms with Crippen LogP contribution in [0.25, 0.3) is 0 Å². The molecule has 1 aromatic rings. The summed E-state index contributed by atoms with van der Waals surface area (Å²) in [6, 6.07) is 1.20. The average Bonchev–Trinajstić information content (AvgIpc) is 2.39. The number of carbonyl (C=O) groups is 1. The molecule has 0 saturated carbocycles. The number of nitrogens with one attached hydrogen (secondary N) is 2. The maximum Gasteiger partial charge on any atom is 0.419 e. The zero-order chi connectivity index (χ0) is 16.0. The van der Waals surface area contributed by atoms with Crippen molar-refractivity contribution in [2.75, 3.05) is 11.9 Å². The number of hydrogen-bond donors (Lipinski definition) is 3. The molecule has 0 saturated heterocycles. The van der Waals surface area contributed by atoms with Crippen molar-refractivity contribution in [1.29, 1.82) is 0 Å². The zero-order valence-corrected chi connectivity index (χ0v) is 11.3. The number of amides is 2. The lowest BCUT2D eigenvalue weighted by atomic mass is 10.1. The molecule has 0 bridgehead atoms. The lowest BCUT2D eigenvalue weighted by molar-refractivity contribution is -0.139. The van der Waals surface area contributed by atoms with E-state index >= 15 is 0 Å². The lowest BCUT2D eigenvalue weighted by Crippen LogP contribution is -2.38. The molecule has 21 heavy (non-hydrogen) atoms. The Morgan fingerprint density at radius 3 is 2.57 bits per heavy atom. The minimum Gasteiger partial charge on any atom is -0.396 e. The van der Waals surface area contributed by atoms with E-state index in [9.17, 15) is 22.4 Å². The van der Waals surface area contributed by atoms with Crippen molar-refractivity contribution in [3.63, 3.8) is 0 Å². The van der Waals surface area contributed by atoms with Crippen LogP contribution in [0.3, 0.4) is 0 Å². The van der Waals surface area contributed by atoms with Gasteiger partial charge in [-0.3, -0.25) is 0 Å². The van der Waals surface area contributed by atoms with Gasteiger partial charge < -0.3 is 15.7 Å². The number of alkyl halides is 3. The molecule has 3 N–H and O–H groups in total. The van der Waals surface area contributed by atoms with Gasteiger partial charge in [-0.05, 0) is 31.0 Å². The highest BCUT2D eigenvalue weighted by Crippen LogP contribution is 2.32. The molecular weight excluding hydrogens is 292 g/mol. The van der Waals surface area contributed by atoms with Gasteiger partial charge in [0.25, 0.3) is 0 Å². The Hall–Kier alpha value is -1.83. The van der Waals surface area contributed by atoms with Crippen LogP contribution in [0.2, 0.25) is 0 Å². The molecule has 2 amide bonds. The van der Waals surface area contributed by atoms with Gasteiger partial charge in [0.05, 0.1) is 5.56 Å². The molecule has 0 aromatic heterocycles. The topological polar surface area (TPSA) is 61.4 Å². The molecule has 0 heterocycles. The van der Waals surface area contributed by atoms with Crippen LogP contribution in [0.1, 0.15) is 25.3 Å². The standard InChI is InChI=1S/C13H16F4N2O2/c1-2-8(5-6-20)18-12(21)19-9-3-4-11(14)10(7-9)13(15,16)17/h3-4,7-8,20H,2,5-6H2,1H3,(H2,18,19,21). The molecule has 0 aliphatic rings. The Labute approximate surface area is 119 Å². The van der Waals surface area contributed by atoms with Crippen LogP contribution in [-0.2, 0) is 6.18 Å². The van der Waals surface area contributed by atoms with Gasteiger partial charge >= 0.3 is 12.2 Å². The summed E-state index contributed by atoms with van der Waals surface area (Å²) in [4.78, 5) is 11.6. The van der Waals surface area contributed by atoms with Crippen LogP contribution in [-0.4, -0.2) is 23.8 Å². The van der Waals surface area contributed by atoms with E-state index < -0.39 is 23.6 Å². The summed E-state index contributed by atoms with van der Waals surface area (Å²) in [5, 5.41) is 13.5. The maximum atomic E-state index is 13.1. The summed E-state index contributed by atoms with van der Waals surface area (Å²) in [6.45, 7) is 1.67. The summed E-state index contributed by atoms with van der Waals surface area (Å²) >= 11 is 0. The summed E-state index contributed by atoms with van der Waals surface area (Å²) in [7, 11) is 0. The number of benzene rings is 1. The van der Waals surface area contributed by atoms with E-state index in [0.717, 1.165) is 6.07 Å². The fourth-order valence-electron chi connectivity index (χ4n) is 1.71. The molecule has 1 rings (SSSR count). The van der Waals surface area contributed by atoms with E-state index in [4.69, 9.17) is 5.11 Å². The molecule has 1 atom stereocenters. The van der Waals surface area contributed by atoms with Crippen LogP contribution in [0.15, 0.2) is 18.2 Å². The Kier molecular flexibility index (Phi) is 5.95. The molecule has 0 spiro atoms. The number of carbonyl (C=O) groups excluding carboxylic acids is 1. The van der Waals surface area contributed by atoms with Crippen LogP contribution < -0.4 is 10.6 Å². The van der Waals surface area contributed by atoms with Gasteiger partial charge in [0.15, 0.2) is 0 Å². The Morgan fingerprint density at radius 2 is 2.05 bits per heavy atom. The molecule has 0 aliphatic carbocycles. The Balaban J connectivity index is 2.77. The Morgan fingerprint density at radius 1 is 1.38 bits per heavy atom. The second kappa shape index (κ2) is 7.26. The molecule has 1 unspecified atom stereocenters. The first-order valence-corrected chi connectivity index (χ1v) is 6.33. The number of halogens is 4. The van der Waals surface area contributed by atoms with Gasteiger partial charge in [-0.2, -0.15) is 13.2 Å². The van der Waals surface area contributed by atoms with E-state index in [0.29, 0.717) is 25.0 Å². The van der Waals surface area contributed by atoms with Crippen molar-refractivity contribution < 1.29 is 27.5 Å². The SMILES string of the molecule is CCC(CCO)NC(=O)Nc1ccc(F)c(C(F)(F)F)c1. The summed E-state index contributed by atoms with van der Waals surface area (Å²) in [5.74, 6) is -1.40. The predicted octanol–water partition coefficient (Wildman–Crippen LogP) is 3.13. The van der Waals surface area contributed by atoms with Gasteiger partial charge in [-0.15, -0.1) is 0 Å². The normalized spacial score (nSPS) is 12.9. The molecule has 0 radical (unpaired) electrons. The van der Waals surface area contributed by atoms with Crippen molar-refractivity contribution in [2.24, 2.45) is 0 Å². The second-order valence-corrected chi connectivity index (χ2v) is 4.41. The van der Waals surface area contributed by atoms with E-state index in [-0.39, 0.29) is 18.3 Å². The highest BCUT2D eigenvalue weighted by molar-refractivity contribution is 5.89. The van der Waals surface area contributed by atoms with Crippen molar-refractivity contribution in [3.8, 4) is 0 Å². The monoisotopic (exact) mass is 308 g/mol. The van der Waals surface area contributed by atoms with Gasteiger partial charge in [0, 0.05) is 18.3 Å². The molecule has 0 aliphatic heterocycles. The van der Waals surface area contributed by atoms with Crippen LogP contribution in [0.5, 0.6) is 0 Å². The lowest BCUT2D eigenvalue weighted by Gasteiger charge is -2.17. The molecule has 8 heteroatoms. The molecule has 0 fully saturated rings. The number of aliphatic hydroxyl groups is 1. The van der Waals surface area contributed by atoms with Crippen LogP contribution >= 0.6 is 0 Å². The van der Waals surface area contributed by atoms with Gasteiger partial charge in [-0.25, -0.2) is 9.18 Å². The molecule has 1 aromatic carbocycles. The third-order valence-corrected chi connectivity index (χ3v) is 2.84. The number of urea groups is 1. The largest absolute Gasteiger partial charge is 0.419 e. The molecule has 118 valence electrons. The quantitative estimate of drug-likeness (QED) is 0.732. The third-order valence-electron chi connectivity index (χ3n) is 2.84. The third kappa shape index (κ3) is 5.22. The number of rotatable bonds is 5. The fraction of sp³-hybridized carbons (Fsp3) is 0.462. The predicted molar refractivity (Wildman–Crippen MR) is 69.3 cm³/mol. The number of hydrogen-bond acceptors (Lipinski definition) is 2. The minimum atomic E-state index is -4.83. The highest BCUT2D eigenvalue weighted by Gasteiger charge is 2.34. The van der Waals surface area contributed by atoms with Gasteiger partial charge in [-0.1, -0.05) is 6.92 Å². The van der Waals surface area contributed by atoms with E-state index in [2.05, 4.69) is 10.6 Å². The van der Waals surface area contributed by atoms with Crippen LogP contribution in [0.4, 0.5) is 28.0 Å². The van der Waals surface area contributed by atoms with Crippen molar-refractivity contribution >= 4 is 11.7 Å². The van der Waals surface area contributed by atoms with E-state index in [1.54, 1.807) is 6.92 Å². The van der Waals surface area contributed by atoms with E-state index in [1.807, 2.05) is 0 Å². The summed E-state index contributed by atoms with van der Waals surface area (Å²) < 4.78 is 50.7. The first kappa shape index (κ1) is 17.2. The minimum absolute atomic E-state index is 0.118. The smallest absolute Gasteiger partial charge is 0.396 e. The first-order chi connectivity index (χ1) is 9.77. The second-order valence-electron chi connectivity index (χ2n) is 4.41.